The molecular formula is C36H39F2NO8. The summed E-state index contributed by atoms with van der Waals surface area (Å²) in [4.78, 5) is 26.1. The third-order valence-corrected chi connectivity index (χ3v) is 11.9. The fraction of sp³-hybridized carbons (Fsp3) is 0.500. The van der Waals surface area contributed by atoms with E-state index < -0.39 is 77.4 Å². The molecule has 47 heavy (non-hydrogen) atoms. The molecule has 0 spiro atoms. The van der Waals surface area contributed by atoms with Gasteiger partial charge in [-0.25, -0.2) is 4.39 Å². The predicted octanol–water partition coefficient (Wildman–Crippen LogP) is 5.12. The molecule has 0 bridgehead atoms. The van der Waals surface area contributed by atoms with Crippen LogP contribution >= 0.6 is 0 Å². The van der Waals surface area contributed by atoms with Crippen LogP contribution in [0.15, 0.2) is 66.3 Å². The van der Waals surface area contributed by atoms with Gasteiger partial charge in [0, 0.05) is 41.0 Å². The number of carbonyl (C=O) groups is 2. The molecule has 0 radical (unpaired) electrons. The maximum Gasteiger partial charge on any atom is 0.193 e. The first-order valence-corrected chi connectivity index (χ1v) is 16.0. The van der Waals surface area contributed by atoms with Gasteiger partial charge in [0.1, 0.15) is 12.4 Å². The highest BCUT2D eigenvalue weighted by Gasteiger charge is 2.79. The van der Waals surface area contributed by atoms with E-state index in [1.807, 2.05) is 12.1 Å². The van der Waals surface area contributed by atoms with E-state index in [0.29, 0.717) is 16.9 Å². The Labute approximate surface area is 271 Å². The van der Waals surface area contributed by atoms with Crippen molar-refractivity contribution in [1.29, 1.82) is 0 Å². The minimum atomic E-state index is -2.26. The first kappa shape index (κ1) is 31.9. The number of Topliss-reactive ketones (excluding diaryl/α,β-unsaturated/α-hetero) is 1. The molecule has 0 aromatic heterocycles. The summed E-state index contributed by atoms with van der Waals surface area (Å²) in [5.41, 5.74) is -5.03. The fourth-order valence-corrected chi connectivity index (χ4v) is 9.65. The summed E-state index contributed by atoms with van der Waals surface area (Å²) >= 11 is 0. The van der Waals surface area contributed by atoms with Crippen molar-refractivity contribution in [2.45, 2.75) is 62.9 Å². The Bertz CT molecular complexity index is 1680. The Kier molecular flexibility index (Phi) is 7.44. The fourth-order valence-electron chi connectivity index (χ4n) is 9.65. The zero-order valence-electron chi connectivity index (χ0n) is 26.4. The summed E-state index contributed by atoms with van der Waals surface area (Å²) in [6.45, 7) is 1.68. The largest absolute Gasteiger partial charge is 0.504 e. The van der Waals surface area contributed by atoms with Gasteiger partial charge in [-0.05, 0) is 92.3 Å². The molecule has 250 valence electrons. The van der Waals surface area contributed by atoms with Crippen molar-refractivity contribution in [1.82, 2.24) is 0 Å². The van der Waals surface area contributed by atoms with Crippen LogP contribution in [0.2, 0.25) is 0 Å². The van der Waals surface area contributed by atoms with Crippen molar-refractivity contribution in [3.63, 3.8) is 0 Å². The molecule has 0 amide bonds. The third kappa shape index (κ3) is 4.25. The standard InChI is InChI=1S/C36H39F2NO8/c1-33-11-10-22(41)14-24(33)20(17-37)12-26-25-15-31-36(30(44)18-40,34(25,2)16-29(43)35(26,33)38)47-32(46-31)19-4-9-28(27(42)13-19)45-23-7-5-21(39-3)6-8-23/h4-11,13-14,20,25-26,29,31-32,39-40,42-43H,12,15-18H2,1-3H3/t20-,25?,26+,29+,31-,32-,33+,34+,35+,36-/m1/s1. The molecule has 1 heterocycles. The molecule has 11 heteroatoms. The third-order valence-electron chi connectivity index (χ3n) is 11.9. The number of hydrogen-bond acceptors (Lipinski definition) is 9. The number of ether oxygens (including phenoxy) is 3. The number of phenolic OH excluding ortho intramolecular Hbond substituents is 1. The Balaban J connectivity index is 1.21. The highest BCUT2D eigenvalue weighted by Crippen LogP contribution is 2.73. The number of alkyl halides is 2. The topological polar surface area (TPSA) is 135 Å². The van der Waals surface area contributed by atoms with E-state index in [4.69, 9.17) is 14.2 Å². The summed E-state index contributed by atoms with van der Waals surface area (Å²) in [5.74, 6) is -2.75. The van der Waals surface area contributed by atoms with E-state index in [-0.39, 0.29) is 36.5 Å². The molecule has 5 aliphatic rings. The zero-order chi connectivity index (χ0) is 33.5. The van der Waals surface area contributed by atoms with Crippen LogP contribution in [0, 0.1) is 28.6 Å². The molecule has 10 atom stereocenters. The lowest BCUT2D eigenvalue weighted by Crippen LogP contribution is -2.70. The molecule has 1 unspecified atom stereocenters. The summed E-state index contributed by atoms with van der Waals surface area (Å²) in [5, 5.41) is 35.9. The Hall–Kier alpha value is -3.64. The van der Waals surface area contributed by atoms with Gasteiger partial charge in [0.2, 0.25) is 0 Å². The quantitative estimate of drug-likeness (QED) is 0.322. The second-order valence-electron chi connectivity index (χ2n) is 14.0. The number of carbonyl (C=O) groups excluding carboxylic acids is 2. The highest BCUT2D eigenvalue weighted by atomic mass is 19.1. The van der Waals surface area contributed by atoms with Crippen molar-refractivity contribution in [2.24, 2.45) is 28.6 Å². The normalized spacial score (nSPS) is 40.1. The number of ketones is 2. The van der Waals surface area contributed by atoms with Crippen LogP contribution in [0.1, 0.15) is 45.0 Å². The average Bonchev–Trinajstić information content (AvgIpc) is 3.56. The number of phenols is 1. The van der Waals surface area contributed by atoms with Gasteiger partial charge in [-0.2, -0.15) is 0 Å². The van der Waals surface area contributed by atoms with Crippen LogP contribution in [0.4, 0.5) is 14.5 Å². The molecule has 1 saturated heterocycles. The van der Waals surface area contributed by atoms with Gasteiger partial charge in [-0.1, -0.05) is 13.0 Å². The Morgan fingerprint density at radius 3 is 2.53 bits per heavy atom. The number of fused-ring (bicyclic) bond motifs is 7. The van der Waals surface area contributed by atoms with Crippen molar-refractivity contribution < 1.29 is 47.9 Å². The lowest BCUT2D eigenvalue weighted by molar-refractivity contribution is -0.235. The SMILES string of the molecule is CNc1ccc(Oc2ccc([C@@H]3O[C@@H]4CC5[C@@H]6C[C@H](CF)C7=CC(=O)C=C[C@]7(C)[C@@]6(F)[C@@H](O)C[C@]5(C)[C@]4(C(=O)CO)O3)cc2O)cc1. The van der Waals surface area contributed by atoms with Crippen LogP contribution in [0.5, 0.6) is 17.2 Å². The van der Waals surface area contributed by atoms with Gasteiger partial charge >= 0.3 is 0 Å². The second-order valence-corrected chi connectivity index (χ2v) is 14.0. The summed E-state index contributed by atoms with van der Waals surface area (Å²) in [6.07, 6.45) is 0.366. The number of rotatable bonds is 7. The van der Waals surface area contributed by atoms with Crippen LogP contribution in [0.3, 0.4) is 0 Å². The van der Waals surface area contributed by atoms with Gasteiger partial charge in [-0.15, -0.1) is 0 Å². The number of hydrogen-bond donors (Lipinski definition) is 4. The van der Waals surface area contributed by atoms with E-state index in [0.717, 1.165) is 5.69 Å². The molecule has 2 aromatic carbocycles. The van der Waals surface area contributed by atoms with Crippen LogP contribution in [-0.2, 0) is 19.1 Å². The number of halogens is 2. The lowest BCUT2D eigenvalue weighted by atomic mass is 9.43. The van der Waals surface area contributed by atoms with Crippen LogP contribution in [0.25, 0.3) is 0 Å². The van der Waals surface area contributed by atoms with Gasteiger partial charge in [0.05, 0.1) is 18.9 Å². The average molecular weight is 652 g/mol. The maximum absolute atomic E-state index is 17.7. The number of allylic oxidation sites excluding steroid dienone is 4. The van der Waals surface area contributed by atoms with Crippen molar-refractivity contribution in [3.8, 4) is 17.2 Å². The monoisotopic (exact) mass is 651 g/mol. The van der Waals surface area contributed by atoms with Gasteiger partial charge in [0.25, 0.3) is 0 Å². The molecule has 4 N–H and O–H groups in total. The van der Waals surface area contributed by atoms with Crippen LogP contribution in [-0.4, -0.2) is 70.7 Å². The number of anilines is 1. The molecule has 4 aliphatic carbocycles. The Morgan fingerprint density at radius 2 is 1.87 bits per heavy atom. The number of aromatic hydroxyl groups is 1. The lowest BCUT2D eigenvalue weighted by Gasteiger charge is -2.63. The molecule has 1 aliphatic heterocycles. The molecule has 4 fully saturated rings. The molecular weight excluding hydrogens is 612 g/mol. The van der Waals surface area contributed by atoms with E-state index in [2.05, 4.69) is 5.32 Å². The zero-order valence-corrected chi connectivity index (χ0v) is 26.4. The molecule has 7 rings (SSSR count). The smallest absolute Gasteiger partial charge is 0.193 e. The number of aliphatic hydroxyl groups excluding tert-OH is 2. The molecule has 2 aromatic rings. The summed E-state index contributed by atoms with van der Waals surface area (Å²) < 4.78 is 51.1. The van der Waals surface area contributed by atoms with E-state index >= 15 is 4.39 Å². The second kappa shape index (κ2) is 10.9. The molecule has 3 saturated carbocycles. The Morgan fingerprint density at radius 1 is 1.13 bits per heavy atom. The summed E-state index contributed by atoms with van der Waals surface area (Å²) in [6, 6.07) is 11.8. The van der Waals surface area contributed by atoms with E-state index in [1.54, 1.807) is 45.2 Å². The van der Waals surface area contributed by atoms with Crippen LogP contribution < -0.4 is 10.1 Å². The summed E-state index contributed by atoms with van der Waals surface area (Å²) in [7, 11) is 1.80. The number of nitrogens with one attached hydrogen (secondary N) is 1. The maximum atomic E-state index is 17.7. The first-order chi connectivity index (χ1) is 22.4. The number of aliphatic hydroxyl groups is 2. The predicted molar refractivity (Wildman–Crippen MR) is 166 cm³/mol. The van der Waals surface area contributed by atoms with Crippen molar-refractivity contribution in [3.05, 3.63) is 71.8 Å². The van der Waals surface area contributed by atoms with Crippen molar-refractivity contribution in [2.75, 3.05) is 25.6 Å². The number of benzene rings is 2. The minimum Gasteiger partial charge on any atom is -0.504 e. The van der Waals surface area contributed by atoms with Gasteiger partial charge < -0.3 is 34.8 Å². The highest BCUT2D eigenvalue weighted by molar-refractivity contribution is 6.01. The van der Waals surface area contributed by atoms with E-state index in [1.165, 1.54) is 24.3 Å². The van der Waals surface area contributed by atoms with E-state index in [9.17, 15) is 29.3 Å². The molecule has 9 nitrogen and oxygen atoms in total. The van der Waals surface area contributed by atoms with Crippen molar-refractivity contribution >= 4 is 17.3 Å². The van der Waals surface area contributed by atoms with Gasteiger partial charge in [-0.3, -0.25) is 14.0 Å². The van der Waals surface area contributed by atoms with Gasteiger partial charge in [0.15, 0.2) is 40.6 Å². The first-order valence-electron chi connectivity index (χ1n) is 16.0. The minimum absolute atomic E-state index is 0.0272.